The van der Waals surface area contributed by atoms with Crippen LogP contribution in [-0.4, -0.2) is 57.4 Å². The second kappa shape index (κ2) is 12.2. The molecule has 1 aromatic carbocycles. The lowest BCUT2D eigenvalue weighted by atomic mass is 9.82. The number of halogens is 5. The predicted octanol–water partition coefficient (Wildman–Crippen LogP) is 7.33. The van der Waals surface area contributed by atoms with E-state index in [1.807, 2.05) is 6.07 Å². The number of carbonyl (C=O) groups is 1. The van der Waals surface area contributed by atoms with Gasteiger partial charge in [0.25, 0.3) is 5.91 Å². The molecule has 218 valence electrons. The van der Waals surface area contributed by atoms with Crippen LogP contribution in [0.3, 0.4) is 0 Å². The first-order valence-electron chi connectivity index (χ1n) is 13.6. The lowest BCUT2D eigenvalue weighted by Gasteiger charge is -2.49. The fraction of sp³-hybridized carbons (Fsp3) is 0.433. The van der Waals surface area contributed by atoms with E-state index < -0.39 is 17.8 Å². The van der Waals surface area contributed by atoms with Gasteiger partial charge in [-0.05, 0) is 69.5 Å². The molecule has 0 radical (unpaired) electrons. The summed E-state index contributed by atoms with van der Waals surface area (Å²) in [6.45, 7) is 5.04. The second-order valence-electron chi connectivity index (χ2n) is 10.9. The van der Waals surface area contributed by atoms with Crippen molar-refractivity contribution in [2.75, 3.05) is 26.2 Å². The van der Waals surface area contributed by atoms with Crippen molar-refractivity contribution in [1.82, 2.24) is 19.8 Å². The van der Waals surface area contributed by atoms with E-state index in [-0.39, 0.29) is 33.0 Å². The summed E-state index contributed by atoms with van der Waals surface area (Å²) in [5.41, 5.74) is 0.224. The summed E-state index contributed by atoms with van der Waals surface area (Å²) >= 11 is 12.4. The van der Waals surface area contributed by atoms with Crippen LogP contribution in [0.15, 0.2) is 61.1 Å². The van der Waals surface area contributed by atoms with E-state index in [2.05, 4.69) is 21.8 Å². The van der Waals surface area contributed by atoms with Gasteiger partial charge in [-0.1, -0.05) is 41.4 Å². The first kappa shape index (κ1) is 29.6. The third-order valence-corrected chi connectivity index (χ3v) is 8.95. The maximum Gasteiger partial charge on any atom is 0.416 e. The van der Waals surface area contributed by atoms with E-state index in [4.69, 9.17) is 27.9 Å². The first-order chi connectivity index (χ1) is 19.5. The molecule has 11 heteroatoms. The molecule has 2 saturated heterocycles. The largest absolute Gasteiger partial charge is 0.469 e. The molecular weight excluding hydrogens is 576 g/mol. The lowest BCUT2D eigenvalue weighted by molar-refractivity contribution is -0.137. The number of benzene rings is 1. The number of carbonyl (C=O) groups excluding carboxylic acids is 1. The molecule has 2 aromatic heterocycles. The highest BCUT2D eigenvalue weighted by Gasteiger charge is 2.41. The third-order valence-electron chi connectivity index (χ3n) is 8.38. The van der Waals surface area contributed by atoms with E-state index in [1.54, 1.807) is 23.2 Å². The van der Waals surface area contributed by atoms with Crippen molar-refractivity contribution < 1.29 is 22.7 Å². The van der Waals surface area contributed by atoms with E-state index >= 15 is 0 Å². The number of nitrogens with zero attached hydrogens (tertiary/aromatic N) is 4. The second-order valence-corrected chi connectivity index (χ2v) is 11.7. The summed E-state index contributed by atoms with van der Waals surface area (Å²) in [6, 6.07) is 10.6. The van der Waals surface area contributed by atoms with E-state index in [0.29, 0.717) is 24.5 Å². The third kappa shape index (κ3) is 6.63. The van der Waals surface area contributed by atoms with Gasteiger partial charge in [0.2, 0.25) is 5.88 Å². The van der Waals surface area contributed by atoms with E-state index in [1.165, 1.54) is 24.5 Å². The van der Waals surface area contributed by atoms with Gasteiger partial charge >= 0.3 is 6.18 Å². The molecule has 41 heavy (non-hydrogen) atoms. The molecule has 1 atom stereocenters. The maximum absolute atomic E-state index is 13.2. The van der Waals surface area contributed by atoms with E-state index in [0.717, 1.165) is 50.9 Å². The molecule has 1 unspecified atom stereocenters. The molecule has 3 aromatic rings. The topological polar surface area (TPSA) is 58.6 Å². The summed E-state index contributed by atoms with van der Waals surface area (Å²) in [7, 11) is 0. The molecule has 0 bridgehead atoms. The smallest absolute Gasteiger partial charge is 0.416 e. The molecule has 5 rings (SSSR count). The Kier molecular flexibility index (Phi) is 8.78. The minimum absolute atomic E-state index is 0.0840. The van der Waals surface area contributed by atoms with Crippen LogP contribution < -0.4 is 4.74 Å². The standard InChI is InChI=1S/C30H31Cl2F3N4O2/c1-29(11-16-38(17-12-29)28(40)26-23(31)18-36-19-24(26)32)39-14-9-21(10-15-39)27(41-25-4-2-3-13-37-25)20-5-7-22(8-6-20)30(33,34)35/h2-8,13,18-19,21,27H,9-12,14-17H2,1H3. The summed E-state index contributed by atoms with van der Waals surface area (Å²) in [5.74, 6) is 0.360. The van der Waals surface area contributed by atoms with Crippen LogP contribution in [0.2, 0.25) is 10.0 Å². The zero-order chi connectivity index (χ0) is 29.2. The van der Waals surface area contributed by atoms with Gasteiger partial charge in [-0.15, -0.1) is 0 Å². The van der Waals surface area contributed by atoms with Crippen molar-refractivity contribution in [3.05, 3.63) is 87.8 Å². The number of piperidine rings is 2. The Morgan fingerprint density at radius 3 is 2.20 bits per heavy atom. The van der Waals surface area contributed by atoms with Crippen molar-refractivity contribution >= 4 is 29.1 Å². The highest BCUT2D eigenvalue weighted by Crippen LogP contribution is 2.40. The number of amides is 1. The van der Waals surface area contributed by atoms with Gasteiger partial charge in [-0.25, -0.2) is 4.98 Å². The summed E-state index contributed by atoms with van der Waals surface area (Å²) in [4.78, 5) is 25.6. The van der Waals surface area contributed by atoms with Gasteiger partial charge in [0.05, 0.1) is 21.2 Å². The zero-order valence-corrected chi connectivity index (χ0v) is 24.1. The average Bonchev–Trinajstić information content (AvgIpc) is 2.96. The maximum atomic E-state index is 13.2. The first-order valence-corrected chi connectivity index (χ1v) is 14.4. The van der Waals surface area contributed by atoms with Crippen LogP contribution in [0.4, 0.5) is 13.2 Å². The quantitative estimate of drug-likeness (QED) is 0.294. The fourth-order valence-corrected chi connectivity index (χ4v) is 6.39. The highest BCUT2D eigenvalue weighted by molar-refractivity contribution is 6.39. The van der Waals surface area contributed by atoms with Gasteiger partial charge < -0.3 is 9.64 Å². The molecule has 2 aliphatic rings. The normalized spacial score (nSPS) is 19.1. The van der Waals surface area contributed by atoms with Gasteiger partial charge in [0.1, 0.15) is 6.10 Å². The molecule has 2 fully saturated rings. The number of alkyl halides is 3. The zero-order valence-electron chi connectivity index (χ0n) is 22.6. The van der Waals surface area contributed by atoms with E-state index in [9.17, 15) is 18.0 Å². The van der Waals surface area contributed by atoms with Crippen LogP contribution in [0.25, 0.3) is 0 Å². The minimum Gasteiger partial charge on any atom is -0.469 e. The Hall–Kier alpha value is -2.88. The number of ether oxygens (including phenoxy) is 1. The van der Waals surface area contributed by atoms with Crippen molar-refractivity contribution in [3.63, 3.8) is 0 Å². The van der Waals surface area contributed by atoms with Gasteiger partial charge in [0.15, 0.2) is 0 Å². The van der Waals surface area contributed by atoms with Crippen molar-refractivity contribution in [1.29, 1.82) is 0 Å². The summed E-state index contributed by atoms with van der Waals surface area (Å²) in [5, 5.41) is 0.488. The molecule has 0 saturated carbocycles. The Labute approximate surface area is 247 Å². The number of hydrogen-bond acceptors (Lipinski definition) is 5. The molecule has 0 N–H and O–H groups in total. The molecule has 0 spiro atoms. The molecule has 2 aliphatic heterocycles. The van der Waals surface area contributed by atoms with Crippen molar-refractivity contribution in [2.24, 2.45) is 5.92 Å². The number of likely N-dealkylation sites (tertiary alicyclic amines) is 2. The van der Waals surface area contributed by atoms with Crippen molar-refractivity contribution in [3.8, 4) is 5.88 Å². The Bertz CT molecular complexity index is 1320. The van der Waals surface area contributed by atoms with Gasteiger partial charge in [-0.2, -0.15) is 13.2 Å². The number of aromatic nitrogens is 2. The van der Waals surface area contributed by atoms with Crippen LogP contribution in [0.1, 0.15) is 60.2 Å². The average molecular weight is 608 g/mol. The Morgan fingerprint density at radius 2 is 1.63 bits per heavy atom. The van der Waals surface area contributed by atoms with Crippen molar-refractivity contribution in [2.45, 2.75) is 50.4 Å². The molecule has 6 nitrogen and oxygen atoms in total. The highest BCUT2D eigenvalue weighted by atomic mass is 35.5. The predicted molar refractivity (Wildman–Crippen MR) is 151 cm³/mol. The van der Waals surface area contributed by atoms with Crippen LogP contribution in [0, 0.1) is 5.92 Å². The van der Waals surface area contributed by atoms with Crippen LogP contribution in [-0.2, 0) is 6.18 Å². The van der Waals surface area contributed by atoms with Crippen LogP contribution >= 0.6 is 23.2 Å². The monoisotopic (exact) mass is 606 g/mol. The lowest BCUT2D eigenvalue weighted by Crippen LogP contribution is -2.56. The van der Waals surface area contributed by atoms with Gasteiger partial charge in [0, 0.05) is 49.2 Å². The van der Waals surface area contributed by atoms with Crippen LogP contribution in [0.5, 0.6) is 5.88 Å². The Morgan fingerprint density at radius 1 is 1.00 bits per heavy atom. The molecular formula is C30H31Cl2F3N4O2. The summed E-state index contributed by atoms with van der Waals surface area (Å²) in [6.07, 6.45) is 2.91. The SMILES string of the molecule is CC1(N2CCC(C(Oc3ccccn3)c3ccc(C(F)(F)F)cc3)CC2)CCN(C(=O)c2c(Cl)cncc2Cl)CC1. The summed E-state index contributed by atoms with van der Waals surface area (Å²) < 4.78 is 45.8. The number of pyridine rings is 2. The molecule has 1 amide bonds. The number of rotatable bonds is 6. The fourth-order valence-electron chi connectivity index (χ4n) is 5.87. The molecule has 4 heterocycles. The van der Waals surface area contributed by atoms with Gasteiger partial charge in [-0.3, -0.25) is 14.7 Å². The minimum atomic E-state index is -4.40. The Balaban J connectivity index is 1.24. The number of hydrogen-bond donors (Lipinski definition) is 0. The molecule has 0 aliphatic carbocycles.